The van der Waals surface area contributed by atoms with Crippen molar-refractivity contribution in [3.05, 3.63) is 29.8 Å². The number of benzene rings is 1. The zero-order valence-corrected chi connectivity index (χ0v) is 12.7. The van der Waals surface area contributed by atoms with E-state index in [4.69, 9.17) is 0 Å². The lowest BCUT2D eigenvalue weighted by atomic mass is 10.1. The molecule has 1 saturated heterocycles. The summed E-state index contributed by atoms with van der Waals surface area (Å²) in [5.41, 5.74) is 0.592. The first-order valence-corrected chi connectivity index (χ1v) is 6.94. The van der Waals surface area contributed by atoms with Gasteiger partial charge in [0.15, 0.2) is 5.78 Å². The molecule has 1 fully saturated rings. The molecule has 0 bridgehead atoms. The summed E-state index contributed by atoms with van der Waals surface area (Å²) in [5.74, 6) is -2.89. The monoisotopic (exact) mass is 317 g/mol. The number of amides is 5. The van der Waals surface area contributed by atoms with Crippen LogP contribution in [0.2, 0.25) is 0 Å². The van der Waals surface area contributed by atoms with Crippen molar-refractivity contribution >= 4 is 35.2 Å². The Kier molecular flexibility index (Phi) is 4.54. The van der Waals surface area contributed by atoms with Crippen molar-refractivity contribution in [3.63, 3.8) is 0 Å². The fourth-order valence-electron chi connectivity index (χ4n) is 2.20. The average Bonchev–Trinajstić information content (AvgIpc) is 2.71. The lowest BCUT2D eigenvalue weighted by Crippen LogP contribution is -2.39. The Bertz CT molecular complexity index is 713. The van der Waals surface area contributed by atoms with Gasteiger partial charge in [-0.3, -0.25) is 24.1 Å². The lowest BCUT2D eigenvalue weighted by molar-refractivity contribution is -0.143. The van der Waals surface area contributed by atoms with Gasteiger partial charge in [-0.05, 0) is 26.0 Å². The van der Waals surface area contributed by atoms with Crippen LogP contribution in [0.15, 0.2) is 24.3 Å². The molecule has 1 heterocycles. The van der Waals surface area contributed by atoms with Crippen LogP contribution in [-0.4, -0.2) is 52.4 Å². The molecule has 1 aromatic rings. The highest BCUT2D eigenvalue weighted by Crippen LogP contribution is 2.16. The van der Waals surface area contributed by atoms with Crippen LogP contribution in [0.5, 0.6) is 0 Å². The first-order chi connectivity index (χ1) is 10.9. The van der Waals surface area contributed by atoms with Crippen molar-refractivity contribution in [2.45, 2.75) is 13.8 Å². The highest BCUT2D eigenvalue weighted by Gasteiger charge is 2.44. The highest BCUT2D eigenvalue weighted by atomic mass is 16.2. The molecule has 0 saturated carbocycles. The van der Waals surface area contributed by atoms with Gasteiger partial charge in [-0.1, -0.05) is 12.1 Å². The molecular weight excluding hydrogens is 302 g/mol. The SMILES string of the molecule is CCN1C(=O)C(=O)N(CC(=O)Nc2ccccc2C(C)=O)C1=O. The number of likely N-dealkylation sites (N-methyl/N-ethyl adjacent to an activating group) is 1. The summed E-state index contributed by atoms with van der Waals surface area (Å²) >= 11 is 0. The first kappa shape index (κ1) is 16.3. The van der Waals surface area contributed by atoms with Crippen LogP contribution in [0.3, 0.4) is 0 Å². The molecule has 0 aliphatic carbocycles. The zero-order chi connectivity index (χ0) is 17.1. The molecule has 0 atom stereocenters. The van der Waals surface area contributed by atoms with Crippen LogP contribution in [-0.2, 0) is 14.4 Å². The van der Waals surface area contributed by atoms with Gasteiger partial charge in [0.1, 0.15) is 6.54 Å². The lowest BCUT2D eigenvalue weighted by Gasteiger charge is -2.14. The fourth-order valence-corrected chi connectivity index (χ4v) is 2.20. The molecule has 1 aliphatic rings. The molecule has 120 valence electrons. The largest absolute Gasteiger partial charge is 0.334 e. The van der Waals surface area contributed by atoms with E-state index in [1.807, 2.05) is 0 Å². The molecular formula is C15H15N3O5. The Morgan fingerprint density at radius 3 is 2.22 bits per heavy atom. The van der Waals surface area contributed by atoms with Gasteiger partial charge in [-0.25, -0.2) is 9.69 Å². The summed E-state index contributed by atoms with van der Waals surface area (Å²) < 4.78 is 0. The van der Waals surface area contributed by atoms with Crippen LogP contribution in [0.25, 0.3) is 0 Å². The second-order valence-electron chi connectivity index (χ2n) is 4.87. The predicted octanol–water partition coefficient (Wildman–Crippen LogP) is 0.638. The van der Waals surface area contributed by atoms with Crippen molar-refractivity contribution in [2.75, 3.05) is 18.4 Å². The number of ketones is 1. The van der Waals surface area contributed by atoms with Gasteiger partial charge in [0.25, 0.3) is 0 Å². The highest BCUT2D eigenvalue weighted by molar-refractivity contribution is 6.45. The molecule has 1 aromatic carbocycles. The van der Waals surface area contributed by atoms with Gasteiger partial charge in [-0.2, -0.15) is 0 Å². The standard InChI is InChI=1S/C15H15N3O5/c1-3-17-13(21)14(22)18(15(17)23)8-12(20)16-11-7-5-4-6-10(11)9(2)19/h4-7H,3,8H2,1-2H3,(H,16,20). The van der Waals surface area contributed by atoms with Crippen LogP contribution in [0.4, 0.5) is 10.5 Å². The molecule has 2 rings (SSSR count). The Hall–Kier alpha value is -3.03. The number of anilines is 1. The second kappa shape index (κ2) is 6.39. The maximum atomic E-state index is 12.0. The van der Waals surface area contributed by atoms with Crippen molar-refractivity contribution in [1.29, 1.82) is 0 Å². The van der Waals surface area contributed by atoms with Crippen LogP contribution in [0.1, 0.15) is 24.2 Å². The van der Waals surface area contributed by atoms with Crippen LogP contribution < -0.4 is 5.32 Å². The minimum absolute atomic E-state index is 0.0503. The Morgan fingerprint density at radius 2 is 1.65 bits per heavy atom. The Morgan fingerprint density at radius 1 is 1.04 bits per heavy atom. The third-order valence-electron chi connectivity index (χ3n) is 3.33. The van der Waals surface area contributed by atoms with Crippen LogP contribution in [0, 0.1) is 0 Å². The maximum Gasteiger partial charge on any atom is 0.334 e. The Labute approximate surface area is 132 Å². The van der Waals surface area contributed by atoms with Gasteiger partial charge in [0.05, 0.1) is 5.69 Å². The fraction of sp³-hybridized carbons (Fsp3) is 0.267. The minimum Gasteiger partial charge on any atom is -0.324 e. The van der Waals surface area contributed by atoms with Gasteiger partial charge in [0, 0.05) is 12.1 Å². The number of carbonyl (C=O) groups is 5. The number of rotatable bonds is 5. The van der Waals surface area contributed by atoms with Crippen molar-refractivity contribution in [3.8, 4) is 0 Å². The van der Waals surface area contributed by atoms with Crippen LogP contribution >= 0.6 is 0 Å². The van der Waals surface area contributed by atoms with E-state index in [1.165, 1.54) is 13.0 Å². The van der Waals surface area contributed by atoms with Crippen molar-refractivity contribution in [2.24, 2.45) is 0 Å². The number of urea groups is 1. The number of hydrogen-bond donors (Lipinski definition) is 1. The van der Waals surface area contributed by atoms with Crippen molar-refractivity contribution in [1.82, 2.24) is 9.80 Å². The van der Waals surface area contributed by atoms with Gasteiger partial charge in [-0.15, -0.1) is 0 Å². The maximum absolute atomic E-state index is 12.0. The zero-order valence-electron chi connectivity index (χ0n) is 12.7. The predicted molar refractivity (Wildman–Crippen MR) is 79.6 cm³/mol. The van der Waals surface area contributed by atoms with E-state index in [1.54, 1.807) is 25.1 Å². The van der Waals surface area contributed by atoms with E-state index in [9.17, 15) is 24.0 Å². The smallest absolute Gasteiger partial charge is 0.324 e. The normalized spacial score (nSPS) is 14.4. The molecule has 0 radical (unpaired) electrons. The first-order valence-electron chi connectivity index (χ1n) is 6.94. The number of para-hydroxylation sites is 1. The van der Waals surface area contributed by atoms with E-state index >= 15 is 0 Å². The van der Waals surface area contributed by atoms with E-state index < -0.39 is 30.3 Å². The second-order valence-corrected chi connectivity index (χ2v) is 4.87. The summed E-state index contributed by atoms with van der Waals surface area (Å²) in [4.78, 5) is 60.1. The average molecular weight is 317 g/mol. The summed E-state index contributed by atoms with van der Waals surface area (Å²) in [6.45, 7) is 2.37. The topological polar surface area (TPSA) is 104 Å². The number of carbonyl (C=O) groups excluding carboxylic acids is 5. The van der Waals surface area contributed by atoms with E-state index in [0.29, 0.717) is 10.5 Å². The van der Waals surface area contributed by atoms with Gasteiger partial charge < -0.3 is 5.32 Å². The molecule has 0 spiro atoms. The van der Waals surface area contributed by atoms with E-state index in [2.05, 4.69) is 5.32 Å². The number of nitrogens with zero attached hydrogens (tertiary/aromatic N) is 2. The third kappa shape index (κ3) is 3.10. The number of imide groups is 2. The molecule has 0 aromatic heterocycles. The van der Waals surface area contributed by atoms with Crippen molar-refractivity contribution < 1.29 is 24.0 Å². The summed E-state index contributed by atoms with van der Waals surface area (Å²) in [5, 5.41) is 2.47. The molecule has 23 heavy (non-hydrogen) atoms. The number of nitrogens with one attached hydrogen (secondary N) is 1. The van der Waals surface area contributed by atoms with E-state index in [-0.39, 0.29) is 18.0 Å². The molecule has 8 heteroatoms. The summed E-state index contributed by atoms with van der Waals surface area (Å²) in [6, 6.07) is 5.55. The third-order valence-corrected chi connectivity index (χ3v) is 3.33. The van der Waals surface area contributed by atoms with E-state index in [0.717, 1.165) is 4.90 Å². The molecule has 5 amide bonds. The Balaban J connectivity index is 2.12. The number of Topliss-reactive ketones (excluding diaryl/α,β-unsaturated/α-hetero) is 1. The minimum atomic E-state index is -1.04. The quantitative estimate of drug-likeness (QED) is 0.487. The summed E-state index contributed by atoms with van der Waals surface area (Å²) in [7, 11) is 0. The van der Waals surface area contributed by atoms with Gasteiger partial charge >= 0.3 is 17.8 Å². The summed E-state index contributed by atoms with van der Waals surface area (Å²) in [6.07, 6.45) is 0. The molecule has 8 nitrogen and oxygen atoms in total. The molecule has 0 unspecified atom stereocenters. The van der Waals surface area contributed by atoms with Gasteiger partial charge in [0.2, 0.25) is 5.91 Å². The molecule has 1 aliphatic heterocycles. The molecule has 1 N–H and O–H groups in total. The number of hydrogen-bond acceptors (Lipinski definition) is 5.